The van der Waals surface area contributed by atoms with Gasteiger partial charge in [0.25, 0.3) is 5.91 Å². The van der Waals surface area contributed by atoms with E-state index < -0.39 is 5.91 Å². The van der Waals surface area contributed by atoms with E-state index in [0.717, 1.165) is 29.1 Å². The zero-order valence-corrected chi connectivity index (χ0v) is 13.4. The van der Waals surface area contributed by atoms with Crippen LogP contribution in [0.4, 0.5) is 0 Å². The van der Waals surface area contributed by atoms with Crippen LogP contribution in [-0.2, 0) is 6.54 Å². The lowest BCUT2D eigenvalue weighted by molar-refractivity contribution is 0.0711. The van der Waals surface area contributed by atoms with Gasteiger partial charge in [0.1, 0.15) is 0 Å². The van der Waals surface area contributed by atoms with Gasteiger partial charge in [-0.2, -0.15) is 0 Å². The second kappa shape index (κ2) is 7.22. The highest BCUT2D eigenvalue weighted by Gasteiger charge is 2.13. The molecule has 118 valence electrons. The number of carbonyl (C=O) groups excluding carboxylic acids is 1. The maximum Gasteiger partial charge on any atom is 0.284 e. The van der Waals surface area contributed by atoms with Gasteiger partial charge in [0.2, 0.25) is 0 Å². The van der Waals surface area contributed by atoms with Crippen LogP contribution in [0.1, 0.15) is 47.3 Å². The van der Waals surface area contributed by atoms with Crippen molar-refractivity contribution in [3.63, 3.8) is 0 Å². The molecule has 1 saturated carbocycles. The number of benzene rings is 1. The summed E-state index contributed by atoms with van der Waals surface area (Å²) in [6.45, 7) is 1.96. The Hall–Kier alpha value is -1.43. The molecule has 1 aliphatic rings. The molecule has 1 fully saturated rings. The predicted molar refractivity (Wildman–Crippen MR) is 89.4 cm³/mol. The molecule has 1 heterocycles. The fourth-order valence-corrected chi connectivity index (χ4v) is 4.18. The van der Waals surface area contributed by atoms with Crippen molar-refractivity contribution in [2.24, 2.45) is 5.92 Å². The minimum absolute atomic E-state index is 0.446. The molecule has 1 amide bonds. The summed E-state index contributed by atoms with van der Waals surface area (Å²) in [5, 5.41) is 13.3. The number of hydrogen-bond donors (Lipinski definition) is 3. The van der Waals surface area contributed by atoms with Crippen molar-refractivity contribution in [1.29, 1.82) is 0 Å². The third-order valence-electron chi connectivity index (χ3n) is 4.40. The van der Waals surface area contributed by atoms with Crippen LogP contribution in [0.5, 0.6) is 0 Å². The summed E-state index contributed by atoms with van der Waals surface area (Å²) in [5.74, 6) is 0.386. The smallest absolute Gasteiger partial charge is 0.284 e. The van der Waals surface area contributed by atoms with Gasteiger partial charge in [-0.15, -0.1) is 11.3 Å². The molecule has 4 nitrogen and oxygen atoms in total. The lowest BCUT2D eigenvalue weighted by atomic mass is 9.89. The van der Waals surface area contributed by atoms with Gasteiger partial charge in [-0.3, -0.25) is 10.0 Å². The molecule has 3 N–H and O–H groups in total. The standard InChI is InChI=1S/C17H22N2O2S/c20-17(19-21)16-9-14-7-6-13(8-15(14)22-16)11-18-10-12-4-2-1-3-5-12/h6-9,12,18,21H,1-5,10-11H2,(H,19,20). The van der Waals surface area contributed by atoms with Crippen molar-refractivity contribution in [3.05, 3.63) is 34.7 Å². The average molecular weight is 318 g/mol. The van der Waals surface area contributed by atoms with E-state index in [1.807, 2.05) is 12.1 Å². The van der Waals surface area contributed by atoms with Gasteiger partial charge >= 0.3 is 0 Å². The average Bonchev–Trinajstić information content (AvgIpc) is 2.98. The Bertz CT molecular complexity index is 647. The number of fused-ring (bicyclic) bond motifs is 1. The van der Waals surface area contributed by atoms with Crippen LogP contribution >= 0.6 is 11.3 Å². The summed E-state index contributed by atoms with van der Waals surface area (Å²) in [5.41, 5.74) is 2.92. The predicted octanol–water partition coefficient (Wildman–Crippen LogP) is 3.69. The molecule has 0 aliphatic heterocycles. The zero-order valence-electron chi connectivity index (χ0n) is 12.6. The minimum atomic E-state index is -0.446. The van der Waals surface area contributed by atoms with Crippen LogP contribution < -0.4 is 10.8 Å². The molecular formula is C17H22N2O2S. The molecule has 1 aromatic carbocycles. The topological polar surface area (TPSA) is 61.4 Å². The summed E-state index contributed by atoms with van der Waals surface area (Å²) in [6, 6.07) is 8.08. The first kappa shape index (κ1) is 15.5. The molecule has 0 atom stereocenters. The van der Waals surface area contributed by atoms with E-state index in [0.29, 0.717) is 4.88 Å². The third-order valence-corrected chi connectivity index (χ3v) is 5.49. The van der Waals surface area contributed by atoms with Crippen molar-refractivity contribution in [3.8, 4) is 0 Å². The molecule has 5 heteroatoms. The Morgan fingerprint density at radius 3 is 2.82 bits per heavy atom. The highest BCUT2D eigenvalue weighted by molar-refractivity contribution is 7.20. The van der Waals surface area contributed by atoms with E-state index >= 15 is 0 Å². The molecule has 3 rings (SSSR count). The van der Waals surface area contributed by atoms with Crippen LogP contribution in [-0.4, -0.2) is 17.7 Å². The normalized spacial score (nSPS) is 16.0. The molecule has 0 unspecified atom stereocenters. The Morgan fingerprint density at radius 2 is 2.05 bits per heavy atom. The largest absolute Gasteiger partial charge is 0.312 e. The summed E-state index contributed by atoms with van der Waals surface area (Å²) in [4.78, 5) is 12.0. The number of carbonyl (C=O) groups is 1. The maximum atomic E-state index is 11.5. The highest BCUT2D eigenvalue weighted by Crippen LogP contribution is 2.27. The second-order valence-electron chi connectivity index (χ2n) is 6.06. The van der Waals surface area contributed by atoms with Crippen molar-refractivity contribution in [2.75, 3.05) is 6.54 Å². The van der Waals surface area contributed by atoms with Gasteiger partial charge in [-0.1, -0.05) is 31.4 Å². The van der Waals surface area contributed by atoms with E-state index in [9.17, 15) is 4.79 Å². The van der Waals surface area contributed by atoms with Crippen molar-refractivity contribution < 1.29 is 10.0 Å². The molecule has 0 spiro atoms. The van der Waals surface area contributed by atoms with E-state index in [2.05, 4.69) is 17.4 Å². The van der Waals surface area contributed by atoms with E-state index in [-0.39, 0.29) is 0 Å². The number of thiophene rings is 1. The lowest BCUT2D eigenvalue weighted by Crippen LogP contribution is -2.24. The van der Waals surface area contributed by atoms with Crippen LogP contribution in [0.3, 0.4) is 0 Å². The number of nitrogens with one attached hydrogen (secondary N) is 2. The Kier molecular flexibility index (Phi) is 5.08. The van der Waals surface area contributed by atoms with Gasteiger partial charge < -0.3 is 5.32 Å². The van der Waals surface area contributed by atoms with E-state index in [1.165, 1.54) is 49.0 Å². The van der Waals surface area contributed by atoms with Gasteiger partial charge in [0.15, 0.2) is 0 Å². The maximum absolute atomic E-state index is 11.5. The van der Waals surface area contributed by atoms with Gasteiger partial charge in [-0.25, -0.2) is 5.48 Å². The lowest BCUT2D eigenvalue weighted by Gasteiger charge is -2.21. The van der Waals surface area contributed by atoms with E-state index in [4.69, 9.17) is 5.21 Å². The molecule has 0 radical (unpaired) electrons. The third kappa shape index (κ3) is 3.66. The number of rotatable bonds is 5. The molecule has 22 heavy (non-hydrogen) atoms. The molecular weight excluding hydrogens is 296 g/mol. The first-order valence-corrected chi connectivity index (χ1v) is 8.75. The van der Waals surface area contributed by atoms with Gasteiger partial charge in [0.05, 0.1) is 4.88 Å². The van der Waals surface area contributed by atoms with Crippen molar-refractivity contribution >= 4 is 27.3 Å². The van der Waals surface area contributed by atoms with Gasteiger partial charge in [-0.05, 0) is 48.4 Å². The molecule has 0 bridgehead atoms. The van der Waals surface area contributed by atoms with Crippen LogP contribution in [0, 0.1) is 5.92 Å². The molecule has 0 saturated heterocycles. The molecule has 1 aromatic heterocycles. The molecule has 2 aromatic rings. The number of hydrogen-bond acceptors (Lipinski definition) is 4. The van der Waals surface area contributed by atoms with E-state index in [1.54, 1.807) is 5.48 Å². The van der Waals surface area contributed by atoms with Crippen LogP contribution in [0.2, 0.25) is 0 Å². The van der Waals surface area contributed by atoms with Crippen molar-refractivity contribution in [1.82, 2.24) is 10.8 Å². The zero-order chi connectivity index (χ0) is 15.4. The summed E-state index contributed by atoms with van der Waals surface area (Å²) >= 11 is 1.41. The highest BCUT2D eigenvalue weighted by atomic mass is 32.1. The number of amides is 1. The monoisotopic (exact) mass is 318 g/mol. The van der Waals surface area contributed by atoms with Crippen LogP contribution in [0.25, 0.3) is 10.1 Å². The second-order valence-corrected chi connectivity index (χ2v) is 7.14. The summed E-state index contributed by atoms with van der Waals surface area (Å²) in [6.07, 6.45) is 6.87. The molecule has 1 aliphatic carbocycles. The minimum Gasteiger partial charge on any atom is -0.312 e. The fraction of sp³-hybridized carbons (Fsp3) is 0.471. The van der Waals surface area contributed by atoms with Crippen LogP contribution in [0.15, 0.2) is 24.3 Å². The first-order chi connectivity index (χ1) is 10.8. The summed E-state index contributed by atoms with van der Waals surface area (Å²) in [7, 11) is 0. The quantitative estimate of drug-likeness (QED) is 0.582. The van der Waals surface area contributed by atoms with Gasteiger partial charge in [0, 0.05) is 11.2 Å². The Morgan fingerprint density at radius 1 is 1.23 bits per heavy atom. The first-order valence-electron chi connectivity index (χ1n) is 7.94. The number of hydroxylamine groups is 1. The van der Waals surface area contributed by atoms with Crippen molar-refractivity contribution in [2.45, 2.75) is 38.6 Å². The Balaban J connectivity index is 1.60. The summed E-state index contributed by atoms with van der Waals surface area (Å²) < 4.78 is 1.08. The SMILES string of the molecule is O=C(NO)c1cc2ccc(CNCC3CCCCC3)cc2s1. The Labute approximate surface area is 134 Å². The fourth-order valence-electron chi connectivity index (χ4n) is 3.16.